The molecule has 1 unspecified atom stereocenters. The van der Waals surface area contributed by atoms with Gasteiger partial charge in [-0.3, -0.25) is 9.59 Å². The molecule has 0 aromatic heterocycles. The van der Waals surface area contributed by atoms with E-state index >= 15 is 0 Å². The van der Waals surface area contributed by atoms with Gasteiger partial charge >= 0.3 is 0 Å². The third-order valence-electron chi connectivity index (χ3n) is 6.37. The maximum Gasteiger partial charge on any atom is 0.243 e. The highest BCUT2D eigenvalue weighted by Gasteiger charge is 2.34. The lowest BCUT2D eigenvalue weighted by molar-refractivity contribution is -0.121. The predicted octanol–water partition coefficient (Wildman–Crippen LogP) is 3.62. The topological polar surface area (TPSA) is 95.6 Å². The van der Waals surface area contributed by atoms with Gasteiger partial charge in [0.25, 0.3) is 0 Å². The highest BCUT2D eigenvalue weighted by atomic mass is 32.2. The molecule has 1 fully saturated rings. The zero-order chi connectivity index (χ0) is 22.9. The van der Waals surface area contributed by atoms with Crippen LogP contribution in [-0.4, -0.2) is 37.6 Å². The van der Waals surface area contributed by atoms with E-state index in [4.69, 9.17) is 0 Å². The van der Waals surface area contributed by atoms with Crippen molar-refractivity contribution in [2.75, 3.05) is 23.7 Å². The Bertz CT molecular complexity index is 1160. The number of amides is 2. The van der Waals surface area contributed by atoms with Gasteiger partial charge in [0.15, 0.2) is 0 Å². The van der Waals surface area contributed by atoms with E-state index in [0.29, 0.717) is 44.3 Å². The van der Waals surface area contributed by atoms with E-state index in [1.54, 1.807) is 18.2 Å². The molecule has 2 aromatic carbocycles. The maximum atomic E-state index is 13.3. The van der Waals surface area contributed by atoms with Crippen molar-refractivity contribution in [3.8, 4) is 0 Å². The van der Waals surface area contributed by atoms with E-state index in [1.165, 1.54) is 4.31 Å². The summed E-state index contributed by atoms with van der Waals surface area (Å²) in [6, 6.07) is 10.6. The first-order valence-electron chi connectivity index (χ1n) is 11.0. The number of carbonyl (C=O) groups excluding carboxylic acids is 2. The molecule has 2 aliphatic heterocycles. The largest absolute Gasteiger partial charge is 0.326 e. The summed E-state index contributed by atoms with van der Waals surface area (Å²) >= 11 is 0. The minimum absolute atomic E-state index is 0.0481. The number of anilines is 2. The van der Waals surface area contributed by atoms with Crippen molar-refractivity contribution >= 4 is 33.2 Å². The van der Waals surface area contributed by atoms with Gasteiger partial charge in [-0.15, -0.1) is 0 Å². The van der Waals surface area contributed by atoms with Gasteiger partial charge < -0.3 is 10.6 Å². The number of aryl methyl sites for hydroxylation is 3. The van der Waals surface area contributed by atoms with Crippen LogP contribution in [0, 0.1) is 19.8 Å². The van der Waals surface area contributed by atoms with Crippen molar-refractivity contribution in [2.45, 2.75) is 50.8 Å². The zero-order valence-electron chi connectivity index (χ0n) is 18.5. The number of fused-ring (bicyclic) bond motifs is 1. The summed E-state index contributed by atoms with van der Waals surface area (Å²) in [7, 11) is -3.73. The van der Waals surface area contributed by atoms with Crippen LogP contribution in [0.3, 0.4) is 0 Å². The number of nitrogens with one attached hydrogen (secondary N) is 2. The van der Waals surface area contributed by atoms with Crippen molar-refractivity contribution < 1.29 is 18.0 Å². The maximum absolute atomic E-state index is 13.3. The van der Waals surface area contributed by atoms with Crippen molar-refractivity contribution in [2.24, 2.45) is 5.92 Å². The minimum atomic E-state index is -3.73. The summed E-state index contributed by atoms with van der Waals surface area (Å²) in [5.41, 5.74) is 4.48. The molecule has 0 saturated carbocycles. The fourth-order valence-corrected chi connectivity index (χ4v) is 5.87. The van der Waals surface area contributed by atoms with E-state index in [-0.39, 0.29) is 23.3 Å². The standard InChI is InChI=1S/C24H29N3O4S/c1-16-8-9-20(13-17(16)2)25-24(29)19-6-4-12-27(15-19)32(30,31)21-10-11-22-18(14-21)5-3-7-23(28)26-22/h8-11,13-14,19H,3-7,12,15H2,1-2H3,(H,25,29)(H,26,28). The number of sulfonamides is 1. The van der Waals surface area contributed by atoms with Crippen LogP contribution < -0.4 is 10.6 Å². The van der Waals surface area contributed by atoms with Gasteiger partial charge in [0, 0.05) is 30.9 Å². The van der Waals surface area contributed by atoms with Crippen molar-refractivity contribution in [1.82, 2.24) is 4.31 Å². The van der Waals surface area contributed by atoms with E-state index < -0.39 is 15.9 Å². The lowest BCUT2D eigenvalue weighted by Gasteiger charge is -2.31. The second-order valence-electron chi connectivity index (χ2n) is 8.71. The van der Waals surface area contributed by atoms with Crippen LogP contribution in [0.15, 0.2) is 41.3 Å². The molecule has 1 saturated heterocycles. The Balaban J connectivity index is 1.49. The first-order chi connectivity index (χ1) is 15.2. The van der Waals surface area contributed by atoms with Crippen LogP contribution in [0.4, 0.5) is 11.4 Å². The van der Waals surface area contributed by atoms with Crippen molar-refractivity contribution in [1.29, 1.82) is 0 Å². The van der Waals surface area contributed by atoms with Crippen molar-refractivity contribution in [3.63, 3.8) is 0 Å². The molecular weight excluding hydrogens is 426 g/mol. The van der Waals surface area contributed by atoms with Crippen LogP contribution in [0.2, 0.25) is 0 Å². The van der Waals surface area contributed by atoms with Crippen LogP contribution in [0.25, 0.3) is 0 Å². The lowest BCUT2D eigenvalue weighted by Crippen LogP contribution is -2.43. The van der Waals surface area contributed by atoms with Crippen LogP contribution in [0.5, 0.6) is 0 Å². The summed E-state index contributed by atoms with van der Waals surface area (Å²) in [6.07, 6.45) is 3.05. The number of piperidine rings is 1. The molecule has 1 atom stereocenters. The Hall–Kier alpha value is -2.71. The van der Waals surface area contributed by atoms with Gasteiger partial charge in [-0.1, -0.05) is 6.07 Å². The fourth-order valence-electron chi connectivity index (χ4n) is 4.30. The fraction of sp³-hybridized carbons (Fsp3) is 0.417. The minimum Gasteiger partial charge on any atom is -0.326 e. The molecule has 4 rings (SSSR count). The molecule has 0 bridgehead atoms. The molecule has 7 nitrogen and oxygen atoms in total. The van der Waals surface area contributed by atoms with Gasteiger partial charge in [0.1, 0.15) is 0 Å². The smallest absolute Gasteiger partial charge is 0.243 e. The normalized spacial score (nSPS) is 19.6. The predicted molar refractivity (Wildman–Crippen MR) is 124 cm³/mol. The third-order valence-corrected chi connectivity index (χ3v) is 8.23. The molecule has 170 valence electrons. The molecule has 0 spiro atoms. The third kappa shape index (κ3) is 4.71. The van der Waals surface area contributed by atoms with Gasteiger partial charge in [0.2, 0.25) is 21.8 Å². The van der Waals surface area contributed by atoms with Crippen molar-refractivity contribution in [3.05, 3.63) is 53.1 Å². The number of carbonyl (C=O) groups is 2. The average Bonchev–Trinajstić information content (AvgIpc) is 2.96. The summed E-state index contributed by atoms with van der Waals surface area (Å²) in [5.74, 6) is -0.606. The highest BCUT2D eigenvalue weighted by Crippen LogP contribution is 2.29. The SMILES string of the molecule is Cc1ccc(NC(=O)C2CCCN(S(=O)(=O)c3ccc4c(c3)CCCC(=O)N4)C2)cc1C. The number of hydrogen-bond acceptors (Lipinski definition) is 4. The van der Waals surface area contributed by atoms with Gasteiger partial charge in [0.05, 0.1) is 10.8 Å². The molecule has 2 aromatic rings. The number of rotatable bonds is 4. The quantitative estimate of drug-likeness (QED) is 0.736. The number of hydrogen-bond donors (Lipinski definition) is 2. The monoisotopic (exact) mass is 455 g/mol. The second-order valence-corrected chi connectivity index (χ2v) is 10.6. The van der Waals surface area contributed by atoms with Crippen LogP contribution in [0.1, 0.15) is 42.4 Å². The summed E-state index contributed by atoms with van der Waals surface area (Å²) < 4.78 is 28.1. The average molecular weight is 456 g/mol. The lowest BCUT2D eigenvalue weighted by atomic mass is 9.98. The molecule has 2 N–H and O–H groups in total. The molecule has 32 heavy (non-hydrogen) atoms. The Kier molecular flexibility index (Phi) is 6.35. The summed E-state index contributed by atoms with van der Waals surface area (Å²) in [6.45, 7) is 4.56. The van der Waals surface area contributed by atoms with Gasteiger partial charge in [-0.05, 0) is 86.6 Å². The zero-order valence-corrected chi connectivity index (χ0v) is 19.3. The van der Waals surface area contributed by atoms with Crippen LogP contribution in [-0.2, 0) is 26.0 Å². The summed E-state index contributed by atoms with van der Waals surface area (Å²) in [4.78, 5) is 24.8. The Morgan fingerprint density at radius 3 is 2.66 bits per heavy atom. The Morgan fingerprint density at radius 2 is 1.88 bits per heavy atom. The molecule has 8 heteroatoms. The highest BCUT2D eigenvalue weighted by molar-refractivity contribution is 7.89. The van der Waals surface area contributed by atoms with E-state index in [0.717, 1.165) is 22.4 Å². The Morgan fingerprint density at radius 1 is 1.06 bits per heavy atom. The summed E-state index contributed by atoms with van der Waals surface area (Å²) in [5, 5.41) is 5.78. The number of nitrogens with zero attached hydrogens (tertiary/aromatic N) is 1. The number of benzene rings is 2. The first-order valence-corrected chi connectivity index (χ1v) is 12.5. The molecular formula is C24H29N3O4S. The molecule has 2 amide bonds. The first kappa shape index (κ1) is 22.5. The van der Waals surface area contributed by atoms with E-state index in [2.05, 4.69) is 10.6 Å². The van der Waals surface area contributed by atoms with E-state index in [1.807, 2.05) is 32.0 Å². The second kappa shape index (κ2) is 9.03. The molecule has 2 heterocycles. The van der Waals surface area contributed by atoms with Gasteiger partial charge in [-0.2, -0.15) is 4.31 Å². The van der Waals surface area contributed by atoms with Crippen LogP contribution >= 0.6 is 0 Å². The molecule has 0 radical (unpaired) electrons. The molecule has 2 aliphatic rings. The van der Waals surface area contributed by atoms with E-state index in [9.17, 15) is 18.0 Å². The molecule has 0 aliphatic carbocycles. The van der Waals surface area contributed by atoms with Gasteiger partial charge in [-0.25, -0.2) is 8.42 Å². The Labute approximate surface area is 189 Å².